The average Bonchev–Trinajstić information content (AvgIpc) is 2.85. The van der Waals surface area contributed by atoms with Gasteiger partial charge < -0.3 is 5.11 Å². The van der Waals surface area contributed by atoms with E-state index in [1.54, 1.807) is 35.6 Å². The highest BCUT2D eigenvalue weighted by atomic mass is 32.1. The zero-order valence-corrected chi connectivity index (χ0v) is 11.9. The van der Waals surface area contributed by atoms with Crippen LogP contribution in [0.5, 0.6) is 5.75 Å². The Bertz CT molecular complexity index is 769. The predicted octanol–water partition coefficient (Wildman–Crippen LogP) is 4.40. The van der Waals surface area contributed by atoms with E-state index in [1.165, 1.54) is 0 Å². The van der Waals surface area contributed by atoms with Crippen LogP contribution < -0.4 is 0 Å². The number of hydrogen-bond acceptors (Lipinski definition) is 3. The first-order valence-electron chi connectivity index (χ1n) is 6.55. The number of aromatic hydroxyl groups is 1. The summed E-state index contributed by atoms with van der Waals surface area (Å²) in [7, 11) is 0. The summed E-state index contributed by atoms with van der Waals surface area (Å²) in [4.78, 5) is 13.9. The van der Waals surface area contributed by atoms with Gasteiger partial charge in [0, 0.05) is 26.1 Å². The maximum atomic E-state index is 12.7. The lowest BCUT2D eigenvalue weighted by atomic mass is 9.99. The lowest BCUT2D eigenvalue weighted by molar-refractivity contribution is 0.104. The maximum absolute atomic E-state index is 12.7. The van der Waals surface area contributed by atoms with Gasteiger partial charge in [-0.05, 0) is 36.8 Å². The minimum absolute atomic E-state index is 0.0271. The van der Waals surface area contributed by atoms with Crippen LogP contribution in [0, 0.1) is 0 Å². The minimum atomic E-state index is 0.0271. The second kappa shape index (κ2) is 5.10. The molecule has 1 N–H and O–H groups in total. The Morgan fingerprint density at radius 2 is 1.80 bits per heavy atom. The van der Waals surface area contributed by atoms with Gasteiger partial charge in [0.2, 0.25) is 0 Å². The summed E-state index contributed by atoms with van der Waals surface area (Å²) < 4.78 is 1.14. The molecule has 3 rings (SSSR count). The molecule has 0 aliphatic heterocycles. The molecule has 0 aliphatic rings. The Morgan fingerprint density at radius 3 is 2.50 bits per heavy atom. The number of aryl methyl sites for hydroxylation is 1. The third-order valence-electron chi connectivity index (χ3n) is 3.35. The topological polar surface area (TPSA) is 37.3 Å². The molecule has 0 bridgehead atoms. The van der Waals surface area contributed by atoms with Crippen molar-refractivity contribution in [2.45, 2.75) is 13.3 Å². The Labute approximate surface area is 121 Å². The summed E-state index contributed by atoms with van der Waals surface area (Å²) in [6.45, 7) is 2.07. The number of thiophene rings is 1. The Hall–Kier alpha value is -2.13. The molecule has 0 aliphatic carbocycles. The molecule has 0 amide bonds. The van der Waals surface area contributed by atoms with Gasteiger partial charge >= 0.3 is 0 Å². The minimum Gasteiger partial charge on any atom is -0.508 e. The number of phenols is 1. The van der Waals surface area contributed by atoms with E-state index in [2.05, 4.69) is 6.92 Å². The number of carbonyl (C=O) groups is 1. The van der Waals surface area contributed by atoms with Gasteiger partial charge in [0.25, 0.3) is 0 Å². The van der Waals surface area contributed by atoms with Crippen LogP contribution in [-0.2, 0) is 6.42 Å². The molecule has 0 saturated heterocycles. The Balaban J connectivity index is 2.17. The zero-order valence-electron chi connectivity index (χ0n) is 11.1. The molecular weight excluding hydrogens is 268 g/mol. The molecule has 20 heavy (non-hydrogen) atoms. The van der Waals surface area contributed by atoms with Crippen LogP contribution in [0.3, 0.4) is 0 Å². The fourth-order valence-electron chi connectivity index (χ4n) is 2.35. The van der Waals surface area contributed by atoms with E-state index in [4.69, 9.17) is 0 Å². The van der Waals surface area contributed by atoms with Crippen molar-refractivity contribution in [2.24, 2.45) is 0 Å². The van der Waals surface area contributed by atoms with Crippen LogP contribution in [0.2, 0.25) is 0 Å². The smallest absolute Gasteiger partial charge is 0.194 e. The van der Waals surface area contributed by atoms with E-state index in [1.807, 2.05) is 24.3 Å². The Morgan fingerprint density at radius 1 is 1.10 bits per heavy atom. The summed E-state index contributed by atoms with van der Waals surface area (Å²) in [5.74, 6) is 0.201. The standard InChI is InChI=1S/C17H14O2S/c1-2-14-16(13-5-3-4-6-15(13)20-14)17(19)11-7-9-12(18)10-8-11/h3-10,18H,2H2,1H3. The van der Waals surface area contributed by atoms with Gasteiger partial charge in [-0.15, -0.1) is 11.3 Å². The average molecular weight is 282 g/mol. The summed E-state index contributed by atoms with van der Waals surface area (Å²) >= 11 is 1.68. The highest BCUT2D eigenvalue weighted by Gasteiger charge is 2.18. The van der Waals surface area contributed by atoms with Gasteiger partial charge in [-0.2, -0.15) is 0 Å². The monoisotopic (exact) mass is 282 g/mol. The van der Waals surface area contributed by atoms with Crippen molar-refractivity contribution in [1.29, 1.82) is 0 Å². The molecule has 0 atom stereocenters. The second-order valence-electron chi connectivity index (χ2n) is 4.63. The first-order valence-corrected chi connectivity index (χ1v) is 7.36. The Kier molecular flexibility index (Phi) is 3.28. The molecule has 100 valence electrons. The van der Waals surface area contributed by atoms with E-state index < -0.39 is 0 Å². The van der Waals surface area contributed by atoms with Gasteiger partial charge in [-0.1, -0.05) is 25.1 Å². The van der Waals surface area contributed by atoms with E-state index in [9.17, 15) is 9.90 Å². The fourth-order valence-corrected chi connectivity index (χ4v) is 3.49. The highest BCUT2D eigenvalue weighted by Crippen LogP contribution is 2.33. The van der Waals surface area contributed by atoms with Crippen LogP contribution in [0.4, 0.5) is 0 Å². The van der Waals surface area contributed by atoms with Gasteiger partial charge in [0.05, 0.1) is 0 Å². The molecule has 0 unspecified atom stereocenters. The quantitative estimate of drug-likeness (QED) is 0.723. The van der Waals surface area contributed by atoms with E-state index in [0.717, 1.165) is 26.9 Å². The lowest BCUT2D eigenvalue weighted by Crippen LogP contribution is -2.02. The van der Waals surface area contributed by atoms with Crippen LogP contribution in [0.25, 0.3) is 10.1 Å². The molecule has 0 fully saturated rings. The number of phenolic OH excluding ortho intramolecular Hbond substituents is 1. The van der Waals surface area contributed by atoms with Crippen molar-refractivity contribution in [3.63, 3.8) is 0 Å². The SMILES string of the molecule is CCc1sc2ccccc2c1C(=O)c1ccc(O)cc1. The van der Waals surface area contributed by atoms with Crippen LogP contribution >= 0.6 is 11.3 Å². The van der Waals surface area contributed by atoms with Crippen molar-refractivity contribution in [1.82, 2.24) is 0 Å². The number of ketones is 1. The normalized spacial score (nSPS) is 10.8. The van der Waals surface area contributed by atoms with Crippen molar-refractivity contribution in [3.8, 4) is 5.75 Å². The molecule has 3 aromatic rings. The first kappa shape index (κ1) is 12.9. The van der Waals surface area contributed by atoms with Gasteiger partial charge in [0.1, 0.15) is 5.75 Å². The first-order chi connectivity index (χ1) is 9.70. The third-order valence-corrected chi connectivity index (χ3v) is 4.66. The van der Waals surface area contributed by atoms with Gasteiger partial charge in [-0.3, -0.25) is 4.79 Å². The van der Waals surface area contributed by atoms with Crippen molar-refractivity contribution >= 4 is 27.2 Å². The van der Waals surface area contributed by atoms with Crippen molar-refractivity contribution < 1.29 is 9.90 Å². The number of benzene rings is 2. The van der Waals surface area contributed by atoms with E-state index in [0.29, 0.717) is 5.56 Å². The lowest BCUT2D eigenvalue weighted by Gasteiger charge is -2.03. The molecule has 3 heteroatoms. The van der Waals surface area contributed by atoms with Gasteiger partial charge in [-0.25, -0.2) is 0 Å². The van der Waals surface area contributed by atoms with Gasteiger partial charge in [0.15, 0.2) is 5.78 Å². The number of rotatable bonds is 3. The van der Waals surface area contributed by atoms with E-state index in [-0.39, 0.29) is 11.5 Å². The third kappa shape index (κ3) is 2.10. The second-order valence-corrected chi connectivity index (χ2v) is 5.76. The molecule has 0 radical (unpaired) electrons. The number of hydrogen-bond donors (Lipinski definition) is 1. The summed E-state index contributed by atoms with van der Waals surface area (Å²) in [5.41, 5.74) is 1.42. The fraction of sp³-hybridized carbons (Fsp3) is 0.118. The van der Waals surface area contributed by atoms with Crippen LogP contribution in [0.1, 0.15) is 27.7 Å². The molecule has 0 spiro atoms. The summed E-state index contributed by atoms with van der Waals surface area (Å²) in [6, 6.07) is 14.4. The maximum Gasteiger partial charge on any atom is 0.194 e. The van der Waals surface area contributed by atoms with Crippen molar-refractivity contribution in [2.75, 3.05) is 0 Å². The van der Waals surface area contributed by atoms with Crippen LogP contribution in [0.15, 0.2) is 48.5 Å². The van der Waals surface area contributed by atoms with E-state index >= 15 is 0 Å². The molecular formula is C17H14O2S. The molecule has 2 nitrogen and oxygen atoms in total. The summed E-state index contributed by atoms with van der Waals surface area (Å²) in [6.07, 6.45) is 0.846. The highest BCUT2D eigenvalue weighted by molar-refractivity contribution is 7.19. The zero-order chi connectivity index (χ0) is 14.1. The number of fused-ring (bicyclic) bond motifs is 1. The predicted molar refractivity (Wildman–Crippen MR) is 82.7 cm³/mol. The molecule has 1 aromatic heterocycles. The summed E-state index contributed by atoms with van der Waals surface area (Å²) in [5, 5.41) is 10.4. The number of carbonyl (C=O) groups excluding carboxylic acids is 1. The largest absolute Gasteiger partial charge is 0.508 e. The molecule has 0 saturated carbocycles. The molecule has 1 heterocycles. The molecule has 2 aromatic carbocycles. The van der Waals surface area contributed by atoms with Crippen LogP contribution in [-0.4, -0.2) is 10.9 Å². The van der Waals surface area contributed by atoms with Crippen molar-refractivity contribution in [3.05, 3.63) is 64.5 Å².